The normalized spacial score (nSPS) is 9.35. The number of carbonyl (C=O) groups is 1. The first-order valence-corrected chi connectivity index (χ1v) is 19.3. The Balaban J connectivity index is 0. The Morgan fingerprint density at radius 1 is 0.702 bits per heavy atom. The fourth-order valence-electron chi connectivity index (χ4n) is 4.06. The molecule has 312 valence electrons. The molecule has 0 aromatic heterocycles. The number of halogens is 7. The van der Waals surface area contributed by atoms with E-state index in [0.717, 1.165) is 0 Å². The van der Waals surface area contributed by atoms with Gasteiger partial charge >= 0.3 is 12.1 Å². The Hall–Kier alpha value is -3.88. The molecular weight excluding hydrogens is 895 g/mol. The fourth-order valence-corrected chi connectivity index (χ4v) is 5.10. The first-order valence-electron chi connectivity index (χ1n) is 16.1. The summed E-state index contributed by atoms with van der Waals surface area (Å²) in [6, 6.07) is 20.4. The fraction of sp³-hybridized carbons (Fsp3) is 0.297. The van der Waals surface area contributed by atoms with Crippen LogP contribution in [0, 0.1) is 20.2 Å². The van der Waals surface area contributed by atoms with Gasteiger partial charge in [-0.2, -0.15) is 9.59 Å². The van der Waals surface area contributed by atoms with E-state index in [-0.39, 0.29) is 62.3 Å². The SMILES string of the molecule is CCN(CC)CC.COc1c(Cl)ccc(Cl)c1C(=O)OCc1ccccc1[N+](=O)[O-].COc1cc(Cl)ccc1Cl.ClCCl.O=C=O.O=[N+]([O-])c1ccccc1CCl. The average Bonchev–Trinajstić information content (AvgIpc) is 3.20. The van der Waals surface area contributed by atoms with Crippen LogP contribution in [0.3, 0.4) is 0 Å². The van der Waals surface area contributed by atoms with E-state index in [1.807, 2.05) is 0 Å². The second-order valence-corrected chi connectivity index (χ2v) is 12.7. The van der Waals surface area contributed by atoms with Crippen molar-refractivity contribution < 1.29 is 38.4 Å². The summed E-state index contributed by atoms with van der Waals surface area (Å²) in [6.07, 6.45) is 0.250. The number of nitrogens with zero attached hydrogens (tertiary/aromatic N) is 3. The predicted octanol–water partition coefficient (Wildman–Crippen LogP) is 11.8. The van der Waals surface area contributed by atoms with Gasteiger partial charge in [-0.05, 0) is 50.0 Å². The zero-order valence-corrected chi connectivity index (χ0v) is 36.6. The number of hydrogen-bond donors (Lipinski definition) is 0. The Kier molecular flexibility index (Phi) is 32.1. The quantitative estimate of drug-likeness (QED) is 0.0607. The summed E-state index contributed by atoms with van der Waals surface area (Å²) >= 11 is 38.3. The van der Waals surface area contributed by atoms with E-state index in [1.54, 1.807) is 49.6 Å². The van der Waals surface area contributed by atoms with E-state index < -0.39 is 15.8 Å². The van der Waals surface area contributed by atoms with Crippen molar-refractivity contribution in [2.75, 3.05) is 39.2 Å². The monoisotopic (exact) mass is 931 g/mol. The highest BCUT2D eigenvalue weighted by Gasteiger charge is 2.22. The Bertz CT molecular complexity index is 1840. The summed E-state index contributed by atoms with van der Waals surface area (Å²) < 4.78 is 15.1. The van der Waals surface area contributed by atoms with Gasteiger partial charge in [-0.1, -0.05) is 97.5 Å². The minimum Gasteiger partial charge on any atom is -0.495 e. The van der Waals surface area contributed by atoms with E-state index in [1.165, 1.54) is 63.1 Å². The molecule has 20 heteroatoms. The van der Waals surface area contributed by atoms with Gasteiger partial charge in [0.05, 0.1) is 55.9 Å². The van der Waals surface area contributed by atoms with Gasteiger partial charge in [-0.15, -0.1) is 34.8 Å². The van der Waals surface area contributed by atoms with Gasteiger partial charge < -0.3 is 19.1 Å². The molecule has 0 N–H and O–H groups in total. The highest BCUT2D eigenvalue weighted by Crippen LogP contribution is 2.34. The molecule has 0 aliphatic heterocycles. The molecule has 0 amide bonds. The van der Waals surface area contributed by atoms with Crippen molar-refractivity contribution in [3.63, 3.8) is 0 Å². The lowest BCUT2D eigenvalue weighted by molar-refractivity contribution is -0.385. The maximum absolute atomic E-state index is 12.2. The number of carbonyl (C=O) groups excluding carboxylic acids is 3. The van der Waals surface area contributed by atoms with Crippen LogP contribution in [-0.2, 0) is 26.8 Å². The van der Waals surface area contributed by atoms with Gasteiger partial charge in [0.1, 0.15) is 17.9 Å². The second kappa shape index (κ2) is 33.1. The number of nitro groups is 2. The molecule has 57 heavy (non-hydrogen) atoms. The van der Waals surface area contributed by atoms with Crippen LogP contribution in [0.15, 0.2) is 78.9 Å². The van der Waals surface area contributed by atoms with Crippen molar-refractivity contribution in [1.29, 1.82) is 0 Å². The number of methoxy groups -OCH3 is 2. The van der Waals surface area contributed by atoms with Crippen molar-refractivity contribution in [1.82, 2.24) is 4.90 Å². The minimum atomic E-state index is -0.785. The van der Waals surface area contributed by atoms with E-state index in [0.29, 0.717) is 21.4 Å². The molecule has 0 aliphatic carbocycles. The zero-order valence-electron chi connectivity index (χ0n) is 31.3. The molecule has 0 fully saturated rings. The Labute approximate surface area is 365 Å². The summed E-state index contributed by atoms with van der Waals surface area (Å²) in [5.41, 5.74) is 0.745. The number of benzene rings is 4. The number of esters is 1. The third kappa shape index (κ3) is 22.0. The van der Waals surface area contributed by atoms with E-state index in [9.17, 15) is 25.0 Å². The highest BCUT2D eigenvalue weighted by molar-refractivity contribution is 6.40. The standard InChI is InChI=1S/C15H11Cl2NO5.C7H6Cl2O.C7H6ClNO2.C6H15N.CH2Cl2.CO2/c1-22-14-11(17)7-6-10(16)13(14)15(19)23-8-9-4-2-3-5-12(9)18(20)21;1-10-7-4-5(8)2-3-6(7)9;8-5-6-3-1-2-4-7(6)9(10)11;1-4-7(5-2)6-3;2*2-1-3/h2-7H,8H2,1H3;2-4H,1H3;1-4H,5H2;4-6H2,1-3H3;1H2;. The number of nitro benzene ring substituents is 2. The van der Waals surface area contributed by atoms with Crippen LogP contribution >= 0.6 is 81.2 Å². The maximum Gasteiger partial charge on any atom is 0.373 e. The Morgan fingerprint density at radius 2 is 1.14 bits per heavy atom. The predicted molar refractivity (Wildman–Crippen MR) is 226 cm³/mol. The van der Waals surface area contributed by atoms with Crippen molar-refractivity contribution in [3.8, 4) is 11.5 Å². The van der Waals surface area contributed by atoms with Crippen LogP contribution in [0.4, 0.5) is 11.4 Å². The Morgan fingerprint density at radius 3 is 1.53 bits per heavy atom. The molecule has 0 spiro atoms. The summed E-state index contributed by atoms with van der Waals surface area (Å²) in [4.78, 5) is 51.2. The van der Waals surface area contributed by atoms with Gasteiger partial charge in [0, 0.05) is 28.8 Å². The first kappa shape index (κ1) is 55.2. The third-order valence-corrected chi connectivity index (χ3v) is 8.25. The molecule has 4 aromatic rings. The van der Waals surface area contributed by atoms with Crippen LogP contribution < -0.4 is 9.47 Å². The summed E-state index contributed by atoms with van der Waals surface area (Å²) in [5.74, 6) is 0.0883. The van der Waals surface area contributed by atoms with Crippen LogP contribution in [-0.4, -0.2) is 66.1 Å². The second-order valence-electron chi connectivity index (χ2n) is 10.0. The van der Waals surface area contributed by atoms with Crippen LogP contribution in [0.5, 0.6) is 11.5 Å². The molecule has 4 rings (SSSR count). The highest BCUT2D eigenvalue weighted by atomic mass is 35.5. The lowest BCUT2D eigenvalue weighted by Gasteiger charge is -2.13. The van der Waals surface area contributed by atoms with Crippen LogP contribution in [0.1, 0.15) is 42.3 Å². The van der Waals surface area contributed by atoms with Gasteiger partial charge in [0.25, 0.3) is 11.4 Å². The smallest absolute Gasteiger partial charge is 0.373 e. The summed E-state index contributed by atoms with van der Waals surface area (Å²) in [7, 11) is 2.90. The summed E-state index contributed by atoms with van der Waals surface area (Å²) in [5, 5.41) is 23.0. The molecule has 13 nitrogen and oxygen atoms in total. The molecular formula is C37H40Cl7N3O10. The van der Waals surface area contributed by atoms with Crippen molar-refractivity contribution in [3.05, 3.63) is 136 Å². The van der Waals surface area contributed by atoms with Crippen molar-refractivity contribution >= 4 is 105 Å². The molecule has 0 atom stereocenters. The minimum absolute atomic E-state index is 0.0275. The van der Waals surface area contributed by atoms with E-state index in [4.69, 9.17) is 105 Å². The number of rotatable bonds is 11. The van der Waals surface area contributed by atoms with E-state index in [2.05, 4.69) is 25.7 Å². The number of hydrogen-bond acceptors (Lipinski definition) is 11. The average molecular weight is 935 g/mol. The molecule has 0 radical (unpaired) electrons. The molecule has 0 saturated heterocycles. The largest absolute Gasteiger partial charge is 0.495 e. The zero-order chi connectivity index (χ0) is 43.9. The van der Waals surface area contributed by atoms with Crippen molar-refractivity contribution in [2.24, 2.45) is 0 Å². The van der Waals surface area contributed by atoms with Gasteiger partial charge in [0.15, 0.2) is 5.75 Å². The third-order valence-electron chi connectivity index (χ3n) is 6.80. The number of alkyl halides is 3. The lowest BCUT2D eigenvalue weighted by atomic mass is 10.2. The topological polar surface area (TPSA) is 168 Å². The van der Waals surface area contributed by atoms with Crippen LogP contribution in [0.2, 0.25) is 20.1 Å². The van der Waals surface area contributed by atoms with E-state index >= 15 is 0 Å². The number of para-hydroxylation sites is 2. The molecule has 4 aromatic carbocycles. The van der Waals surface area contributed by atoms with Gasteiger partial charge in [0.2, 0.25) is 0 Å². The van der Waals surface area contributed by atoms with Crippen molar-refractivity contribution in [2.45, 2.75) is 33.3 Å². The lowest BCUT2D eigenvalue weighted by Crippen LogP contribution is -2.21. The first-order chi connectivity index (χ1) is 27.1. The molecule has 0 saturated carbocycles. The summed E-state index contributed by atoms with van der Waals surface area (Å²) in [6.45, 7) is 9.85. The van der Waals surface area contributed by atoms with Gasteiger partial charge in [-0.3, -0.25) is 20.2 Å². The molecule has 0 bridgehead atoms. The maximum atomic E-state index is 12.2. The van der Waals surface area contributed by atoms with Crippen LogP contribution in [0.25, 0.3) is 0 Å². The molecule has 0 heterocycles. The molecule has 0 unspecified atom stereocenters. The molecule has 0 aliphatic rings. The number of ether oxygens (including phenoxy) is 3. The van der Waals surface area contributed by atoms with Gasteiger partial charge in [-0.25, -0.2) is 4.79 Å².